The van der Waals surface area contributed by atoms with Crippen LogP contribution in [0.5, 0.6) is 0 Å². The van der Waals surface area contributed by atoms with E-state index in [-0.39, 0.29) is 32.0 Å². The Balaban J connectivity index is 4.40. The fraction of sp³-hybridized carbons (Fsp3) is 0.854. The Labute approximate surface area is 313 Å². The van der Waals surface area contributed by atoms with Crippen LogP contribution in [0.2, 0.25) is 0 Å². The van der Waals surface area contributed by atoms with E-state index < -0.39 is 26.5 Å². The number of unbranched alkanes of at least 4 members (excludes halogenated alkanes) is 19. The van der Waals surface area contributed by atoms with Gasteiger partial charge in [-0.15, -0.1) is 0 Å². The molecule has 0 radical (unpaired) electrons. The van der Waals surface area contributed by atoms with Crippen molar-refractivity contribution in [1.82, 2.24) is 0 Å². The van der Waals surface area contributed by atoms with Gasteiger partial charge in [0.15, 0.2) is 6.10 Å². The zero-order chi connectivity index (χ0) is 37.9. The van der Waals surface area contributed by atoms with Crippen LogP contribution in [0.15, 0.2) is 24.3 Å². The van der Waals surface area contributed by atoms with Gasteiger partial charge in [-0.3, -0.25) is 18.6 Å². The van der Waals surface area contributed by atoms with E-state index in [9.17, 15) is 19.0 Å². The molecule has 0 fully saturated rings. The van der Waals surface area contributed by atoms with Crippen LogP contribution in [0.1, 0.15) is 174 Å². The molecular weight excluding hydrogens is 665 g/mol. The molecule has 300 valence electrons. The molecule has 51 heavy (non-hydrogen) atoms. The summed E-state index contributed by atoms with van der Waals surface area (Å²) in [6.07, 6.45) is 35.0. The highest BCUT2D eigenvalue weighted by Gasteiger charge is 2.27. The molecule has 9 nitrogen and oxygen atoms in total. The molecule has 0 aromatic rings. The monoisotopic (exact) mass is 745 g/mol. The van der Waals surface area contributed by atoms with Crippen LogP contribution >= 0.6 is 7.82 Å². The minimum Gasteiger partial charge on any atom is -0.462 e. The number of carbonyl (C=O) groups is 2. The van der Waals surface area contributed by atoms with E-state index >= 15 is 0 Å². The largest absolute Gasteiger partial charge is 0.472 e. The Kier molecular flexibility index (Phi) is 33.3. The molecule has 1 N–H and O–H groups in total. The van der Waals surface area contributed by atoms with Crippen LogP contribution in [0.4, 0.5) is 0 Å². The van der Waals surface area contributed by atoms with Gasteiger partial charge in [0.05, 0.1) is 27.7 Å². The minimum absolute atomic E-state index is 0.0303. The van der Waals surface area contributed by atoms with Gasteiger partial charge >= 0.3 is 19.8 Å². The number of hydrogen-bond donors (Lipinski definition) is 1. The molecule has 10 heteroatoms. The van der Waals surface area contributed by atoms with Gasteiger partial charge in [-0.05, 0) is 64.2 Å². The first-order chi connectivity index (χ1) is 24.5. The fourth-order valence-electron chi connectivity index (χ4n) is 5.41. The first-order valence-corrected chi connectivity index (χ1v) is 22.1. The van der Waals surface area contributed by atoms with Crippen molar-refractivity contribution in [2.75, 3.05) is 47.5 Å². The number of hydrogen-bond acceptors (Lipinski definition) is 7. The summed E-state index contributed by atoms with van der Waals surface area (Å²) in [4.78, 5) is 35.2. The van der Waals surface area contributed by atoms with E-state index in [1.54, 1.807) is 0 Å². The van der Waals surface area contributed by atoms with Crippen LogP contribution < -0.4 is 0 Å². The van der Waals surface area contributed by atoms with Crippen molar-refractivity contribution in [3.63, 3.8) is 0 Å². The summed E-state index contributed by atoms with van der Waals surface area (Å²) in [5.74, 6) is -0.813. The normalized spacial score (nSPS) is 13.9. The maximum Gasteiger partial charge on any atom is 0.472 e. The second-order valence-corrected chi connectivity index (χ2v) is 16.5. The van der Waals surface area contributed by atoms with Crippen LogP contribution in [0.3, 0.4) is 0 Å². The Morgan fingerprint density at radius 2 is 1.00 bits per heavy atom. The van der Waals surface area contributed by atoms with Gasteiger partial charge in [0.25, 0.3) is 0 Å². The van der Waals surface area contributed by atoms with Crippen molar-refractivity contribution in [2.45, 2.75) is 180 Å². The number of quaternary nitrogens is 1. The predicted molar refractivity (Wildman–Crippen MR) is 211 cm³/mol. The first kappa shape index (κ1) is 49.5. The Morgan fingerprint density at radius 1 is 0.588 bits per heavy atom. The van der Waals surface area contributed by atoms with Gasteiger partial charge in [-0.25, -0.2) is 4.57 Å². The molecule has 0 heterocycles. The number of esters is 2. The highest BCUT2D eigenvalue weighted by Crippen LogP contribution is 2.43. The molecule has 0 bridgehead atoms. The predicted octanol–water partition coefficient (Wildman–Crippen LogP) is 11.2. The lowest BCUT2D eigenvalue weighted by molar-refractivity contribution is -0.870. The van der Waals surface area contributed by atoms with Crippen LogP contribution in [-0.2, 0) is 32.7 Å². The van der Waals surface area contributed by atoms with E-state index in [4.69, 9.17) is 18.5 Å². The Hall–Kier alpha value is -1.51. The number of ether oxygens (including phenoxy) is 2. The molecule has 0 aliphatic heterocycles. The van der Waals surface area contributed by atoms with E-state index in [0.717, 1.165) is 57.8 Å². The van der Waals surface area contributed by atoms with Gasteiger partial charge in [0, 0.05) is 12.8 Å². The van der Waals surface area contributed by atoms with E-state index in [0.29, 0.717) is 17.4 Å². The van der Waals surface area contributed by atoms with Crippen molar-refractivity contribution in [1.29, 1.82) is 0 Å². The van der Waals surface area contributed by atoms with Gasteiger partial charge in [0.2, 0.25) is 0 Å². The van der Waals surface area contributed by atoms with Gasteiger partial charge in [-0.2, -0.15) is 0 Å². The summed E-state index contributed by atoms with van der Waals surface area (Å²) in [5.41, 5.74) is 0. The van der Waals surface area contributed by atoms with Crippen molar-refractivity contribution < 1.29 is 42.1 Å². The number of phosphoric acid groups is 1. The van der Waals surface area contributed by atoms with Crippen LogP contribution in [-0.4, -0.2) is 74.9 Å². The molecule has 0 amide bonds. The van der Waals surface area contributed by atoms with Crippen molar-refractivity contribution >= 4 is 19.8 Å². The molecule has 0 saturated carbocycles. The number of allylic oxidation sites excluding steroid dienone is 4. The third kappa shape index (κ3) is 38.0. The molecule has 0 spiro atoms. The number of rotatable bonds is 37. The van der Waals surface area contributed by atoms with Gasteiger partial charge in [0.1, 0.15) is 19.8 Å². The fourth-order valence-corrected chi connectivity index (χ4v) is 6.16. The molecule has 0 aliphatic carbocycles. The summed E-state index contributed by atoms with van der Waals surface area (Å²) in [6.45, 7) is 4.36. The SMILES string of the molecule is CCCCC/C=C/CCCCCCCC(=O)O[C@H](COC(=O)CCCCCCCCC/C=C/CCCCCC)COP(=O)(O)OCC[N+](C)(C)C. The zero-order valence-corrected chi connectivity index (χ0v) is 34.5. The number of carbonyl (C=O) groups excluding carboxylic acids is 2. The third-order valence-electron chi connectivity index (χ3n) is 8.70. The number of likely N-dealkylation sites (N-methyl/N-ethyl adjacent to an activating group) is 1. The smallest absolute Gasteiger partial charge is 0.462 e. The summed E-state index contributed by atoms with van der Waals surface area (Å²) >= 11 is 0. The van der Waals surface area contributed by atoms with E-state index in [2.05, 4.69) is 38.2 Å². The molecule has 0 aliphatic rings. The average Bonchev–Trinajstić information content (AvgIpc) is 3.07. The zero-order valence-electron chi connectivity index (χ0n) is 33.6. The lowest BCUT2D eigenvalue weighted by atomic mass is 10.1. The maximum absolute atomic E-state index is 12.6. The second-order valence-electron chi connectivity index (χ2n) is 15.0. The summed E-state index contributed by atoms with van der Waals surface area (Å²) < 4.78 is 34.2. The molecule has 0 aromatic heterocycles. The van der Waals surface area contributed by atoms with Gasteiger partial charge < -0.3 is 18.9 Å². The quantitative estimate of drug-likeness (QED) is 0.0220. The van der Waals surface area contributed by atoms with Crippen molar-refractivity contribution in [3.05, 3.63) is 24.3 Å². The standard InChI is InChI=1S/C41H78NO8P/c1-6-8-10-12-14-16-18-20-21-22-24-25-27-29-31-33-40(43)47-37-39(38-49-51(45,46)48-36-35-42(3,4)5)50-41(44)34-32-30-28-26-23-19-17-15-13-11-9-7-2/h15-18,39H,6-14,19-38H2,1-5H3/p+1/b17-15+,18-16+/t39-/m1/s1. The lowest BCUT2D eigenvalue weighted by Crippen LogP contribution is -2.37. The number of phosphoric ester groups is 1. The van der Waals surface area contributed by atoms with Crippen molar-refractivity contribution in [3.8, 4) is 0 Å². The Morgan fingerprint density at radius 3 is 1.49 bits per heavy atom. The van der Waals surface area contributed by atoms with Gasteiger partial charge in [-0.1, -0.05) is 122 Å². The third-order valence-corrected chi connectivity index (χ3v) is 9.69. The highest BCUT2D eigenvalue weighted by atomic mass is 31.2. The molecule has 0 rings (SSSR count). The minimum atomic E-state index is -4.37. The summed E-state index contributed by atoms with van der Waals surface area (Å²) in [5, 5.41) is 0. The van der Waals surface area contributed by atoms with E-state index in [1.165, 1.54) is 83.5 Å². The van der Waals surface area contributed by atoms with Crippen LogP contribution in [0.25, 0.3) is 0 Å². The number of nitrogens with zero attached hydrogens (tertiary/aromatic N) is 1. The summed E-state index contributed by atoms with van der Waals surface area (Å²) in [6, 6.07) is 0. The first-order valence-electron chi connectivity index (χ1n) is 20.6. The van der Waals surface area contributed by atoms with Crippen LogP contribution in [0, 0.1) is 0 Å². The maximum atomic E-state index is 12.6. The Bertz CT molecular complexity index is 933. The van der Waals surface area contributed by atoms with Crippen molar-refractivity contribution in [2.24, 2.45) is 0 Å². The molecule has 0 aromatic carbocycles. The molecule has 0 saturated heterocycles. The summed E-state index contributed by atoms with van der Waals surface area (Å²) in [7, 11) is 1.47. The molecular formula is C41H79NO8P+. The average molecular weight is 745 g/mol. The highest BCUT2D eigenvalue weighted by molar-refractivity contribution is 7.47. The topological polar surface area (TPSA) is 108 Å². The second kappa shape index (κ2) is 34.3. The molecule has 2 atom stereocenters. The lowest BCUT2D eigenvalue weighted by Gasteiger charge is -2.24. The van der Waals surface area contributed by atoms with E-state index in [1.807, 2.05) is 21.1 Å². The molecule has 1 unspecified atom stereocenters.